The van der Waals surface area contributed by atoms with E-state index >= 15 is 0 Å². The molecule has 0 saturated heterocycles. The molecule has 3 heterocycles. The summed E-state index contributed by atoms with van der Waals surface area (Å²) in [5.74, 6) is -0.631. The fourth-order valence-electron chi connectivity index (χ4n) is 6.45. The first-order chi connectivity index (χ1) is 20.4. The molecule has 0 atom stereocenters. The Kier molecular flexibility index (Phi) is 15.7. The van der Waals surface area contributed by atoms with Gasteiger partial charge in [-0.1, -0.05) is 39.5 Å². The van der Waals surface area contributed by atoms with Crippen LogP contribution in [0, 0.1) is 0 Å². The molecule has 0 N–H and O–H groups in total. The summed E-state index contributed by atoms with van der Waals surface area (Å²) in [7, 11) is 0. The molecule has 6 nitrogen and oxygen atoms in total. The maximum absolute atomic E-state index is 13.5. The summed E-state index contributed by atoms with van der Waals surface area (Å²) < 4.78 is 2.62. The molecule has 0 aromatic rings. The molecule has 0 unspecified atom stereocenters. The molecule has 0 radical (unpaired) electrons. The van der Waals surface area contributed by atoms with Gasteiger partial charge >= 0.3 is 227 Å². The molecule has 3 rings (SSSR count). The second-order valence-corrected chi connectivity index (χ2v) is 20.8. The number of nitrogens with zero attached hydrogens (tertiary/aromatic N) is 2. The van der Waals surface area contributed by atoms with Crippen LogP contribution < -0.4 is 0 Å². The van der Waals surface area contributed by atoms with Gasteiger partial charge in [-0.3, -0.25) is 0 Å². The van der Waals surface area contributed by atoms with Crippen molar-refractivity contribution in [3.63, 3.8) is 0 Å². The van der Waals surface area contributed by atoms with Crippen LogP contribution >= 0.6 is 0 Å². The number of unbranched alkanes of at least 4 members (excludes halogenated alkanes) is 18. The molecule has 0 bridgehead atoms. The second-order valence-electron chi connectivity index (χ2n) is 12.4. The first kappa shape index (κ1) is 35.4. The third kappa shape index (κ3) is 8.96. The number of carbonyl (C=O) groups excluding carboxylic acids is 4. The van der Waals surface area contributed by atoms with Gasteiger partial charge in [-0.05, 0) is 0 Å². The van der Waals surface area contributed by atoms with E-state index in [4.69, 9.17) is 0 Å². The molecule has 0 aromatic heterocycles. The number of amides is 4. The fourth-order valence-corrected chi connectivity index (χ4v) is 20.8. The predicted octanol–water partition coefficient (Wildman–Crippen LogP) is 7.58. The molecular weight excluding hydrogens is 650 g/mol. The van der Waals surface area contributed by atoms with Crippen molar-refractivity contribution in [1.82, 2.24) is 9.80 Å². The van der Waals surface area contributed by atoms with E-state index in [1.165, 1.54) is 99.7 Å². The zero-order chi connectivity index (χ0) is 30.5. The van der Waals surface area contributed by atoms with E-state index in [-0.39, 0.29) is 23.6 Å². The Bertz CT molecular complexity index is 889. The topological polar surface area (TPSA) is 74.8 Å². The van der Waals surface area contributed by atoms with Gasteiger partial charge < -0.3 is 0 Å². The van der Waals surface area contributed by atoms with Crippen LogP contribution in [0.1, 0.15) is 142 Å². The summed E-state index contributed by atoms with van der Waals surface area (Å²) in [6.07, 6.45) is 24.1. The monoisotopic (exact) mass is 706 g/mol. The first-order valence-electron chi connectivity index (χ1n) is 17.0. The van der Waals surface area contributed by atoms with Gasteiger partial charge in [0.15, 0.2) is 0 Å². The van der Waals surface area contributed by atoms with Crippen molar-refractivity contribution < 1.29 is 19.2 Å². The van der Waals surface area contributed by atoms with Gasteiger partial charge in [-0.2, -0.15) is 0 Å². The SMILES string of the molecule is CCCCCCCCCCCCN1C(=O)C2=C(C1=O)[As](C)C1=C(C(=O)N(CCCCCCCCCCCC)C1=O)[As]2C. The van der Waals surface area contributed by atoms with Crippen molar-refractivity contribution in [3.8, 4) is 0 Å². The van der Waals surface area contributed by atoms with Crippen LogP contribution in [0.5, 0.6) is 0 Å². The zero-order valence-corrected chi connectivity index (χ0v) is 30.7. The molecule has 42 heavy (non-hydrogen) atoms. The summed E-state index contributed by atoms with van der Waals surface area (Å²) in [4.78, 5) is 56.9. The minimum atomic E-state index is -2.28. The van der Waals surface area contributed by atoms with Gasteiger partial charge in [0, 0.05) is 0 Å². The van der Waals surface area contributed by atoms with Crippen LogP contribution in [0.3, 0.4) is 0 Å². The third-order valence-electron chi connectivity index (χ3n) is 9.05. The van der Waals surface area contributed by atoms with Crippen molar-refractivity contribution in [3.05, 3.63) is 17.4 Å². The number of imide groups is 2. The number of rotatable bonds is 22. The molecule has 4 amide bonds. The van der Waals surface area contributed by atoms with Crippen LogP contribution in [0.15, 0.2) is 17.4 Å². The number of hydrogen-bond donors (Lipinski definition) is 0. The van der Waals surface area contributed by atoms with Crippen LogP contribution in [-0.4, -0.2) is 75.8 Å². The normalized spacial score (nSPS) is 20.5. The number of hydrogen-bond acceptors (Lipinski definition) is 4. The van der Waals surface area contributed by atoms with Gasteiger partial charge in [0.05, 0.1) is 0 Å². The average Bonchev–Trinajstić information content (AvgIpc) is 3.38. The van der Waals surface area contributed by atoms with Crippen LogP contribution in [0.25, 0.3) is 0 Å². The molecule has 3 aliphatic rings. The molecule has 0 aliphatic carbocycles. The van der Waals surface area contributed by atoms with E-state index < -0.39 is 29.3 Å². The van der Waals surface area contributed by atoms with Gasteiger partial charge in [-0.25, -0.2) is 0 Å². The number of carbonyl (C=O) groups is 4. The molecule has 0 saturated carbocycles. The molecule has 236 valence electrons. The quantitative estimate of drug-likeness (QED) is 0.0662. The van der Waals surface area contributed by atoms with E-state index in [2.05, 4.69) is 13.8 Å². The maximum atomic E-state index is 13.5. The zero-order valence-electron chi connectivity index (χ0n) is 27.0. The van der Waals surface area contributed by atoms with Crippen LogP contribution in [0.4, 0.5) is 0 Å². The Labute approximate surface area is 265 Å². The Hall–Kier alpha value is -1.12. The van der Waals surface area contributed by atoms with Crippen molar-refractivity contribution in [2.75, 3.05) is 13.1 Å². The summed E-state index contributed by atoms with van der Waals surface area (Å²) in [6, 6.07) is 0. The Morgan fingerprint density at radius 2 is 0.595 bits per heavy atom. The predicted molar refractivity (Wildman–Crippen MR) is 174 cm³/mol. The summed E-state index contributed by atoms with van der Waals surface area (Å²) in [5, 5.41) is 0. The van der Waals surface area contributed by atoms with Gasteiger partial charge in [0.25, 0.3) is 0 Å². The summed E-state index contributed by atoms with van der Waals surface area (Å²) in [6.45, 7) is 5.40. The molecule has 0 spiro atoms. The Morgan fingerprint density at radius 1 is 0.381 bits per heavy atom. The molecule has 3 aliphatic heterocycles. The van der Waals surface area contributed by atoms with E-state index in [0.29, 0.717) is 30.5 Å². The van der Waals surface area contributed by atoms with Gasteiger partial charge in [0.1, 0.15) is 0 Å². The third-order valence-corrected chi connectivity index (χ3v) is 19.8. The molecule has 0 aromatic carbocycles. The van der Waals surface area contributed by atoms with Crippen LogP contribution in [0.2, 0.25) is 11.4 Å². The van der Waals surface area contributed by atoms with Crippen molar-refractivity contribution in [2.24, 2.45) is 0 Å². The fraction of sp³-hybridized carbons (Fsp3) is 0.765. The van der Waals surface area contributed by atoms with Crippen molar-refractivity contribution in [2.45, 2.75) is 154 Å². The summed E-state index contributed by atoms with van der Waals surface area (Å²) >= 11 is -4.55. The summed E-state index contributed by atoms with van der Waals surface area (Å²) in [5.41, 5.74) is 3.98. The molecule has 0 fully saturated rings. The molecular formula is C34H56As2N2O4. The van der Waals surface area contributed by atoms with E-state index in [1.54, 1.807) is 0 Å². The van der Waals surface area contributed by atoms with Gasteiger partial charge in [0.2, 0.25) is 0 Å². The standard InChI is InChI=1S/C34H56As2N2O4/c1-5-7-9-11-13-15-17-19-21-23-25-37-31(39)27-28(32(37)40)36(4)30-29(35(27)3)33(41)38(34(30)42)26-24-22-20-18-16-14-12-10-8-6-2/h5-26H2,1-4H3. The van der Waals surface area contributed by atoms with Crippen molar-refractivity contribution >= 4 is 52.9 Å². The van der Waals surface area contributed by atoms with E-state index in [9.17, 15) is 19.2 Å². The average molecular weight is 707 g/mol. The Balaban J connectivity index is 1.44. The van der Waals surface area contributed by atoms with Gasteiger partial charge in [-0.15, -0.1) is 0 Å². The molecule has 8 heteroatoms. The first-order valence-corrected chi connectivity index (χ1v) is 24.6. The van der Waals surface area contributed by atoms with E-state index in [1.807, 2.05) is 11.4 Å². The van der Waals surface area contributed by atoms with E-state index in [0.717, 1.165) is 38.5 Å². The van der Waals surface area contributed by atoms with Crippen LogP contribution in [-0.2, 0) is 19.2 Å². The second kappa shape index (κ2) is 18.6. The van der Waals surface area contributed by atoms with Crippen molar-refractivity contribution in [1.29, 1.82) is 0 Å². The minimum absolute atomic E-state index is 0.158. The Morgan fingerprint density at radius 3 is 0.833 bits per heavy atom.